The van der Waals surface area contributed by atoms with E-state index in [1.165, 1.54) is 12.0 Å². The summed E-state index contributed by atoms with van der Waals surface area (Å²) in [6.45, 7) is 4.17. The summed E-state index contributed by atoms with van der Waals surface area (Å²) < 4.78 is 22.8. The van der Waals surface area contributed by atoms with Gasteiger partial charge in [-0.05, 0) is 30.9 Å². The summed E-state index contributed by atoms with van der Waals surface area (Å²) in [7, 11) is -2.77. The van der Waals surface area contributed by atoms with Crippen molar-refractivity contribution < 1.29 is 8.42 Å². The number of hydrogen-bond donors (Lipinski definition) is 1. The summed E-state index contributed by atoms with van der Waals surface area (Å²) in [4.78, 5) is 2.48. The van der Waals surface area contributed by atoms with E-state index in [1.807, 2.05) is 0 Å². The van der Waals surface area contributed by atoms with Crippen molar-refractivity contribution in [3.8, 4) is 0 Å². The molecule has 3 rings (SSSR count). The highest BCUT2D eigenvalue weighted by Crippen LogP contribution is 2.26. The molecule has 2 fully saturated rings. The smallest absolute Gasteiger partial charge is 0.151 e. The van der Waals surface area contributed by atoms with Crippen LogP contribution in [0.15, 0.2) is 30.3 Å². The van der Waals surface area contributed by atoms with Crippen LogP contribution >= 0.6 is 0 Å². The molecule has 0 radical (unpaired) electrons. The Balaban J connectivity index is 1.40. The second kappa shape index (κ2) is 6.46. The van der Waals surface area contributed by atoms with E-state index in [-0.39, 0.29) is 6.04 Å². The van der Waals surface area contributed by atoms with Crippen LogP contribution in [0, 0.1) is 0 Å². The van der Waals surface area contributed by atoms with E-state index in [9.17, 15) is 8.42 Å². The molecule has 1 N–H and O–H groups in total. The van der Waals surface area contributed by atoms with Crippen LogP contribution in [-0.2, 0) is 9.84 Å². The second-order valence-corrected chi connectivity index (χ2v) is 8.48. The zero-order valence-corrected chi connectivity index (χ0v) is 13.2. The highest BCUT2D eigenvalue weighted by Gasteiger charge is 2.28. The minimum Gasteiger partial charge on any atom is -0.312 e. The van der Waals surface area contributed by atoms with Crippen LogP contribution in [0.5, 0.6) is 0 Å². The average Bonchev–Trinajstić information content (AvgIpc) is 3.07. The number of nitrogens with zero attached hydrogens (tertiary/aromatic N) is 1. The van der Waals surface area contributed by atoms with E-state index in [0.29, 0.717) is 17.4 Å². The summed E-state index contributed by atoms with van der Waals surface area (Å²) in [5.74, 6) is 1.32. The summed E-state index contributed by atoms with van der Waals surface area (Å²) >= 11 is 0. The van der Waals surface area contributed by atoms with E-state index in [4.69, 9.17) is 0 Å². The van der Waals surface area contributed by atoms with Gasteiger partial charge in [0.05, 0.1) is 11.5 Å². The van der Waals surface area contributed by atoms with Gasteiger partial charge in [0.1, 0.15) is 0 Å². The molecule has 2 unspecified atom stereocenters. The molecule has 2 heterocycles. The number of nitrogens with one attached hydrogen (secondary N) is 1. The van der Waals surface area contributed by atoms with Crippen molar-refractivity contribution in [1.82, 2.24) is 10.2 Å². The lowest BCUT2D eigenvalue weighted by molar-refractivity contribution is 0.325. The topological polar surface area (TPSA) is 49.4 Å². The van der Waals surface area contributed by atoms with Gasteiger partial charge in [-0.25, -0.2) is 8.42 Å². The normalized spacial score (nSPS) is 29.0. The number of sulfone groups is 1. The van der Waals surface area contributed by atoms with Crippen LogP contribution in [0.2, 0.25) is 0 Å². The average molecular weight is 308 g/mol. The van der Waals surface area contributed by atoms with Crippen LogP contribution in [-0.4, -0.2) is 57.0 Å². The summed E-state index contributed by atoms with van der Waals surface area (Å²) in [5.41, 5.74) is 1.44. The Morgan fingerprint density at radius 2 is 2.00 bits per heavy atom. The number of benzene rings is 1. The quantitative estimate of drug-likeness (QED) is 0.889. The molecule has 1 aromatic rings. The van der Waals surface area contributed by atoms with Gasteiger partial charge < -0.3 is 10.2 Å². The van der Waals surface area contributed by atoms with Gasteiger partial charge in [0.15, 0.2) is 9.84 Å². The van der Waals surface area contributed by atoms with Gasteiger partial charge >= 0.3 is 0 Å². The highest BCUT2D eigenvalue weighted by molar-refractivity contribution is 7.91. The van der Waals surface area contributed by atoms with Gasteiger partial charge in [-0.2, -0.15) is 0 Å². The van der Waals surface area contributed by atoms with Gasteiger partial charge in [-0.3, -0.25) is 0 Å². The molecule has 2 aliphatic heterocycles. The molecule has 0 saturated carbocycles. The zero-order chi connectivity index (χ0) is 14.7. The third-order valence-electron chi connectivity index (χ3n) is 4.64. The first-order valence-electron chi connectivity index (χ1n) is 7.83. The molecule has 116 valence electrons. The predicted molar refractivity (Wildman–Crippen MR) is 85.3 cm³/mol. The molecule has 5 heteroatoms. The molecule has 2 saturated heterocycles. The molecule has 0 aromatic heterocycles. The summed E-state index contributed by atoms with van der Waals surface area (Å²) in [6.07, 6.45) is 2.00. The summed E-state index contributed by atoms with van der Waals surface area (Å²) in [5, 5.41) is 3.40. The maximum atomic E-state index is 11.4. The maximum absolute atomic E-state index is 11.4. The van der Waals surface area contributed by atoms with E-state index >= 15 is 0 Å². The van der Waals surface area contributed by atoms with Crippen LogP contribution in [0.1, 0.15) is 24.3 Å². The number of likely N-dealkylation sites (tertiary alicyclic amines) is 1. The summed E-state index contributed by atoms with van der Waals surface area (Å²) in [6, 6.07) is 10.9. The monoisotopic (exact) mass is 308 g/mol. The lowest BCUT2D eigenvalue weighted by atomic mass is 9.99. The Morgan fingerprint density at radius 1 is 1.19 bits per heavy atom. The van der Waals surface area contributed by atoms with Gasteiger partial charge in [0, 0.05) is 25.7 Å². The maximum Gasteiger partial charge on any atom is 0.151 e. The largest absolute Gasteiger partial charge is 0.312 e. The van der Waals surface area contributed by atoms with Crippen LogP contribution < -0.4 is 5.32 Å². The molecule has 0 spiro atoms. The fourth-order valence-electron chi connectivity index (χ4n) is 3.42. The van der Waals surface area contributed by atoms with Crippen LogP contribution in [0.4, 0.5) is 0 Å². The zero-order valence-electron chi connectivity index (χ0n) is 12.4. The van der Waals surface area contributed by atoms with Gasteiger partial charge in [0.25, 0.3) is 0 Å². The molecular formula is C16H24N2O2S. The van der Waals surface area contributed by atoms with Crippen molar-refractivity contribution in [2.45, 2.75) is 24.8 Å². The van der Waals surface area contributed by atoms with Crippen molar-refractivity contribution in [2.75, 3.05) is 37.7 Å². The lowest BCUT2D eigenvalue weighted by Gasteiger charge is -2.18. The van der Waals surface area contributed by atoms with Crippen molar-refractivity contribution in [1.29, 1.82) is 0 Å². The Morgan fingerprint density at radius 3 is 2.71 bits per heavy atom. The molecule has 2 atom stereocenters. The molecule has 0 bridgehead atoms. The first-order chi connectivity index (χ1) is 10.1. The van der Waals surface area contributed by atoms with Crippen LogP contribution in [0.25, 0.3) is 0 Å². The van der Waals surface area contributed by atoms with Crippen molar-refractivity contribution in [2.24, 2.45) is 0 Å². The Kier molecular flexibility index (Phi) is 4.62. The van der Waals surface area contributed by atoms with Gasteiger partial charge in [-0.15, -0.1) is 0 Å². The molecule has 0 aliphatic carbocycles. The highest BCUT2D eigenvalue weighted by atomic mass is 32.2. The second-order valence-electron chi connectivity index (χ2n) is 6.25. The minimum atomic E-state index is -2.77. The van der Waals surface area contributed by atoms with E-state index in [0.717, 1.165) is 32.6 Å². The lowest BCUT2D eigenvalue weighted by Crippen LogP contribution is -2.37. The minimum absolute atomic E-state index is 0.169. The van der Waals surface area contributed by atoms with Gasteiger partial charge in [-0.1, -0.05) is 30.3 Å². The van der Waals surface area contributed by atoms with E-state index < -0.39 is 9.84 Å². The van der Waals surface area contributed by atoms with E-state index in [2.05, 4.69) is 40.5 Å². The SMILES string of the molecule is O=S1(=O)CCC(NCCN2CCC(c3ccccc3)C2)C1. The molecular weight excluding hydrogens is 284 g/mol. The Bertz CT molecular complexity index is 559. The molecule has 2 aliphatic rings. The Hall–Kier alpha value is -0.910. The molecule has 0 amide bonds. The fourth-order valence-corrected chi connectivity index (χ4v) is 5.12. The van der Waals surface area contributed by atoms with E-state index in [1.54, 1.807) is 0 Å². The predicted octanol–water partition coefficient (Wildman–Crippen LogP) is 1.25. The fraction of sp³-hybridized carbons (Fsp3) is 0.625. The molecule has 21 heavy (non-hydrogen) atoms. The number of rotatable bonds is 5. The van der Waals surface area contributed by atoms with Crippen molar-refractivity contribution >= 4 is 9.84 Å². The standard InChI is InChI=1S/C16H24N2O2S/c19-21(20)11-7-16(13-21)17-8-10-18-9-6-15(12-18)14-4-2-1-3-5-14/h1-5,15-17H,6-13H2. The van der Waals surface area contributed by atoms with Crippen molar-refractivity contribution in [3.05, 3.63) is 35.9 Å². The first-order valence-corrected chi connectivity index (χ1v) is 9.66. The molecule has 1 aromatic carbocycles. The third kappa shape index (κ3) is 4.05. The van der Waals surface area contributed by atoms with Crippen LogP contribution in [0.3, 0.4) is 0 Å². The number of hydrogen-bond acceptors (Lipinski definition) is 4. The molecule has 4 nitrogen and oxygen atoms in total. The Labute approximate surface area is 127 Å². The first kappa shape index (κ1) is 15.0. The third-order valence-corrected chi connectivity index (χ3v) is 6.40. The van der Waals surface area contributed by atoms with Gasteiger partial charge in [0.2, 0.25) is 0 Å². The van der Waals surface area contributed by atoms with Crippen molar-refractivity contribution in [3.63, 3.8) is 0 Å².